The second-order valence-corrected chi connectivity index (χ2v) is 5.16. The number of hydrogen-bond acceptors (Lipinski definition) is 4. The van der Waals surface area contributed by atoms with E-state index in [-0.39, 0.29) is 11.9 Å². The number of benzene rings is 1. The summed E-state index contributed by atoms with van der Waals surface area (Å²) in [6.07, 6.45) is 0. The minimum atomic E-state index is -0.213. The first kappa shape index (κ1) is 13.0. The molecule has 5 heteroatoms. The van der Waals surface area contributed by atoms with Crippen LogP contribution in [0.2, 0.25) is 0 Å². The summed E-state index contributed by atoms with van der Waals surface area (Å²) in [6, 6.07) is 6.46. The molecule has 0 spiro atoms. The molecule has 0 saturated heterocycles. The monoisotopic (exact) mass is 265 g/mol. The lowest BCUT2D eigenvalue weighted by Gasteiger charge is -2.15. The van der Waals surface area contributed by atoms with E-state index in [1.165, 1.54) is 12.1 Å². The Morgan fingerprint density at radius 2 is 2.06 bits per heavy atom. The molecule has 0 aliphatic heterocycles. The minimum Gasteiger partial charge on any atom is -0.347 e. The summed E-state index contributed by atoms with van der Waals surface area (Å²) < 4.78 is 12.8. The van der Waals surface area contributed by atoms with Crippen LogP contribution in [0.25, 0.3) is 0 Å². The summed E-state index contributed by atoms with van der Waals surface area (Å²) >= 11 is 1.57. The first-order chi connectivity index (χ1) is 8.56. The van der Waals surface area contributed by atoms with E-state index in [4.69, 9.17) is 5.73 Å². The normalized spacial score (nSPS) is 12.4. The molecule has 0 amide bonds. The molecular weight excluding hydrogens is 249 g/mol. The standard InChI is InChI=1S/C13H16FN3S/c1-9(15)12-8-18-13(16-12)17(2)7-10-3-5-11(14)6-4-10/h3-6,8-9H,7,15H2,1-2H3. The largest absolute Gasteiger partial charge is 0.347 e. The van der Waals surface area contributed by atoms with Gasteiger partial charge in [0.2, 0.25) is 0 Å². The molecule has 0 aliphatic rings. The Bertz CT molecular complexity index is 507. The Morgan fingerprint density at radius 3 is 2.61 bits per heavy atom. The maximum Gasteiger partial charge on any atom is 0.185 e. The van der Waals surface area contributed by atoms with Gasteiger partial charge in [0.1, 0.15) is 5.82 Å². The number of nitrogens with zero attached hydrogens (tertiary/aromatic N) is 2. The van der Waals surface area contributed by atoms with Crippen molar-refractivity contribution in [2.75, 3.05) is 11.9 Å². The van der Waals surface area contributed by atoms with E-state index in [1.54, 1.807) is 23.5 Å². The Morgan fingerprint density at radius 1 is 1.39 bits per heavy atom. The van der Waals surface area contributed by atoms with Gasteiger partial charge in [-0.15, -0.1) is 11.3 Å². The van der Waals surface area contributed by atoms with E-state index >= 15 is 0 Å². The van der Waals surface area contributed by atoms with Gasteiger partial charge < -0.3 is 10.6 Å². The first-order valence-electron chi connectivity index (χ1n) is 5.73. The summed E-state index contributed by atoms with van der Waals surface area (Å²) in [5.41, 5.74) is 7.74. The molecule has 1 aromatic heterocycles. The average molecular weight is 265 g/mol. The molecule has 2 rings (SSSR count). The maximum atomic E-state index is 12.8. The highest BCUT2D eigenvalue weighted by atomic mass is 32.1. The van der Waals surface area contributed by atoms with Crippen LogP contribution in [-0.2, 0) is 6.54 Å². The van der Waals surface area contributed by atoms with Crippen molar-refractivity contribution in [3.8, 4) is 0 Å². The van der Waals surface area contributed by atoms with Crippen molar-refractivity contribution in [3.05, 3.63) is 46.7 Å². The van der Waals surface area contributed by atoms with Crippen LogP contribution in [0.3, 0.4) is 0 Å². The Balaban J connectivity index is 2.06. The van der Waals surface area contributed by atoms with Gasteiger partial charge in [-0.05, 0) is 24.6 Å². The van der Waals surface area contributed by atoms with Crippen molar-refractivity contribution in [1.82, 2.24) is 4.98 Å². The van der Waals surface area contributed by atoms with Gasteiger partial charge >= 0.3 is 0 Å². The summed E-state index contributed by atoms with van der Waals surface area (Å²) in [7, 11) is 1.97. The van der Waals surface area contributed by atoms with E-state index in [1.807, 2.05) is 24.3 Å². The van der Waals surface area contributed by atoms with Crippen LogP contribution in [-0.4, -0.2) is 12.0 Å². The summed E-state index contributed by atoms with van der Waals surface area (Å²) in [4.78, 5) is 6.50. The molecule has 96 valence electrons. The van der Waals surface area contributed by atoms with Gasteiger partial charge in [0.15, 0.2) is 5.13 Å². The smallest absolute Gasteiger partial charge is 0.185 e. The summed E-state index contributed by atoms with van der Waals surface area (Å²) in [6.45, 7) is 2.62. The molecule has 0 aliphatic carbocycles. The molecule has 0 radical (unpaired) electrons. The van der Waals surface area contributed by atoms with E-state index in [2.05, 4.69) is 4.98 Å². The van der Waals surface area contributed by atoms with Crippen molar-refractivity contribution < 1.29 is 4.39 Å². The highest BCUT2D eigenvalue weighted by Gasteiger charge is 2.09. The van der Waals surface area contributed by atoms with Gasteiger partial charge in [-0.25, -0.2) is 9.37 Å². The lowest BCUT2D eigenvalue weighted by atomic mass is 10.2. The summed E-state index contributed by atoms with van der Waals surface area (Å²) in [5, 5.41) is 2.90. The Hall–Kier alpha value is -1.46. The summed E-state index contributed by atoms with van der Waals surface area (Å²) in [5.74, 6) is -0.213. The maximum absolute atomic E-state index is 12.8. The van der Waals surface area contributed by atoms with Gasteiger partial charge in [0, 0.05) is 25.0 Å². The van der Waals surface area contributed by atoms with Gasteiger partial charge in [-0.2, -0.15) is 0 Å². The quantitative estimate of drug-likeness (QED) is 0.924. The molecule has 1 heterocycles. The Labute approximate surface area is 110 Å². The lowest BCUT2D eigenvalue weighted by molar-refractivity contribution is 0.627. The molecule has 2 aromatic rings. The highest BCUT2D eigenvalue weighted by Crippen LogP contribution is 2.23. The number of rotatable bonds is 4. The van der Waals surface area contributed by atoms with Gasteiger partial charge in [0.25, 0.3) is 0 Å². The van der Waals surface area contributed by atoms with Crippen LogP contribution in [0.4, 0.5) is 9.52 Å². The molecular formula is C13H16FN3S. The molecule has 18 heavy (non-hydrogen) atoms. The zero-order chi connectivity index (χ0) is 13.1. The van der Waals surface area contributed by atoms with E-state index in [0.717, 1.165) is 16.4 Å². The molecule has 1 unspecified atom stereocenters. The van der Waals surface area contributed by atoms with Crippen LogP contribution in [0.15, 0.2) is 29.6 Å². The predicted molar refractivity (Wildman–Crippen MR) is 73.2 cm³/mol. The third kappa shape index (κ3) is 3.05. The fourth-order valence-corrected chi connectivity index (χ4v) is 2.49. The highest BCUT2D eigenvalue weighted by molar-refractivity contribution is 7.13. The lowest BCUT2D eigenvalue weighted by Crippen LogP contribution is -2.16. The molecule has 1 atom stereocenters. The minimum absolute atomic E-state index is 0.0470. The van der Waals surface area contributed by atoms with Crippen molar-refractivity contribution >= 4 is 16.5 Å². The van der Waals surface area contributed by atoms with Crippen molar-refractivity contribution in [3.63, 3.8) is 0 Å². The number of thiazole rings is 1. The molecule has 0 saturated carbocycles. The van der Waals surface area contributed by atoms with Crippen molar-refractivity contribution in [2.45, 2.75) is 19.5 Å². The van der Waals surface area contributed by atoms with Crippen LogP contribution >= 0.6 is 11.3 Å². The first-order valence-corrected chi connectivity index (χ1v) is 6.61. The third-order valence-corrected chi connectivity index (χ3v) is 3.61. The molecule has 0 bridgehead atoms. The fraction of sp³-hybridized carbons (Fsp3) is 0.308. The zero-order valence-electron chi connectivity index (χ0n) is 10.4. The van der Waals surface area contributed by atoms with Gasteiger partial charge in [0.05, 0.1) is 5.69 Å². The molecule has 2 N–H and O–H groups in total. The van der Waals surface area contributed by atoms with Crippen molar-refractivity contribution in [2.24, 2.45) is 5.73 Å². The van der Waals surface area contributed by atoms with E-state index in [0.29, 0.717) is 6.54 Å². The molecule has 3 nitrogen and oxygen atoms in total. The average Bonchev–Trinajstić information content (AvgIpc) is 2.81. The fourth-order valence-electron chi connectivity index (χ4n) is 1.59. The van der Waals surface area contributed by atoms with Crippen LogP contribution in [0.1, 0.15) is 24.2 Å². The number of halogens is 1. The van der Waals surface area contributed by atoms with Gasteiger partial charge in [-0.3, -0.25) is 0 Å². The number of nitrogens with two attached hydrogens (primary N) is 1. The number of anilines is 1. The number of hydrogen-bond donors (Lipinski definition) is 1. The second kappa shape index (κ2) is 5.46. The van der Waals surface area contributed by atoms with Crippen LogP contribution in [0, 0.1) is 5.82 Å². The SMILES string of the molecule is CC(N)c1csc(N(C)Cc2ccc(F)cc2)n1. The number of aromatic nitrogens is 1. The van der Waals surface area contributed by atoms with Gasteiger partial charge in [-0.1, -0.05) is 12.1 Å². The molecule has 0 fully saturated rings. The zero-order valence-corrected chi connectivity index (χ0v) is 11.2. The Kier molecular flexibility index (Phi) is 3.93. The third-order valence-electron chi connectivity index (χ3n) is 2.64. The predicted octanol–water partition coefficient (Wildman–Crippen LogP) is 2.94. The van der Waals surface area contributed by atoms with Crippen LogP contribution < -0.4 is 10.6 Å². The van der Waals surface area contributed by atoms with Crippen LogP contribution in [0.5, 0.6) is 0 Å². The molecule has 1 aromatic carbocycles. The second-order valence-electron chi connectivity index (χ2n) is 4.33. The topological polar surface area (TPSA) is 42.1 Å². The van der Waals surface area contributed by atoms with E-state index < -0.39 is 0 Å². The van der Waals surface area contributed by atoms with E-state index in [9.17, 15) is 4.39 Å². The van der Waals surface area contributed by atoms with Crippen molar-refractivity contribution in [1.29, 1.82) is 0 Å².